The Morgan fingerprint density at radius 2 is 1.86 bits per heavy atom. The van der Waals surface area contributed by atoms with Crippen LogP contribution in [0.25, 0.3) is 11.5 Å². The number of aromatic carboxylic acids is 1. The van der Waals surface area contributed by atoms with Crippen LogP contribution in [0.15, 0.2) is 55.0 Å². The van der Waals surface area contributed by atoms with Gasteiger partial charge in [0.2, 0.25) is 0 Å². The minimum absolute atomic E-state index is 0.0469. The molecule has 0 saturated heterocycles. The summed E-state index contributed by atoms with van der Waals surface area (Å²) in [5, 5.41) is 24.5. The average molecular weight is 298 g/mol. The zero-order valence-corrected chi connectivity index (χ0v) is 11.2. The summed E-state index contributed by atoms with van der Waals surface area (Å²) in [5.74, 6) is -0.930. The molecule has 0 amide bonds. The van der Waals surface area contributed by atoms with Crippen LogP contribution in [0.5, 0.6) is 0 Å². The summed E-state index contributed by atoms with van der Waals surface area (Å²) >= 11 is 0. The van der Waals surface area contributed by atoms with Crippen LogP contribution in [0.4, 0.5) is 5.69 Å². The molecule has 8 heteroatoms. The number of nitro groups is 1. The Morgan fingerprint density at radius 1 is 1.18 bits per heavy atom. The summed E-state index contributed by atoms with van der Waals surface area (Å²) in [5.41, 5.74) is -0.00556. The van der Waals surface area contributed by atoms with Crippen molar-refractivity contribution in [1.29, 1.82) is 0 Å². The fraction of sp³-hybridized carbons (Fsp3) is 0. The monoisotopic (exact) mass is 298 g/mol. The summed E-state index contributed by atoms with van der Waals surface area (Å²) in [6.45, 7) is 0. The first-order valence-corrected chi connectivity index (χ1v) is 6.28. The van der Waals surface area contributed by atoms with Crippen LogP contribution in [-0.4, -0.2) is 30.3 Å². The normalized spacial score (nSPS) is 10.5. The van der Waals surface area contributed by atoms with Crippen molar-refractivity contribution >= 4 is 11.7 Å². The summed E-state index contributed by atoms with van der Waals surface area (Å²) in [6, 6.07) is 9.48. The van der Waals surface area contributed by atoms with Crippen molar-refractivity contribution < 1.29 is 14.8 Å². The number of rotatable bonds is 4. The molecule has 0 aliphatic rings. The van der Waals surface area contributed by atoms with Crippen molar-refractivity contribution in [1.82, 2.24) is 14.3 Å². The number of hydrogen-bond acceptors (Lipinski definition) is 4. The highest BCUT2D eigenvalue weighted by atomic mass is 16.6. The fourth-order valence-corrected chi connectivity index (χ4v) is 2.19. The number of hydrogen-bond donors (Lipinski definition) is 1. The molecular formula is C14H10N4O4. The number of benzene rings is 1. The highest BCUT2D eigenvalue weighted by molar-refractivity contribution is 5.91. The van der Waals surface area contributed by atoms with Gasteiger partial charge in [-0.2, -0.15) is 5.10 Å². The Morgan fingerprint density at radius 3 is 2.50 bits per heavy atom. The first-order chi connectivity index (χ1) is 10.6. The van der Waals surface area contributed by atoms with Crippen LogP contribution in [0.1, 0.15) is 10.4 Å². The molecular weight excluding hydrogens is 288 g/mol. The molecule has 0 saturated carbocycles. The van der Waals surface area contributed by atoms with Gasteiger partial charge >= 0.3 is 5.97 Å². The van der Waals surface area contributed by atoms with E-state index in [1.54, 1.807) is 41.2 Å². The lowest BCUT2D eigenvalue weighted by Crippen LogP contribution is -2.09. The van der Waals surface area contributed by atoms with Crippen molar-refractivity contribution in [3.8, 4) is 11.5 Å². The molecule has 0 aliphatic heterocycles. The van der Waals surface area contributed by atoms with E-state index in [0.717, 1.165) is 0 Å². The summed E-state index contributed by atoms with van der Waals surface area (Å²) in [4.78, 5) is 22.0. The third-order valence-electron chi connectivity index (χ3n) is 3.13. The topological polar surface area (TPSA) is 103 Å². The van der Waals surface area contributed by atoms with Crippen LogP contribution in [-0.2, 0) is 0 Å². The minimum atomic E-state index is -1.16. The van der Waals surface area contributed by atoms with Crippen molar-refractivity contribution in [2.24, 2.45) is 0 Å². The van der Waals surface area contributed by atoms with Gasteiger partial charge in [-0.05, 0) is 18.2 Å². The van der Waals surface area contributed by atoms with Gasteiger partial charge in [0.1, 0.15) is 11.3 Å². The zero-order valence-electron chi connectivity index (χ0n) is 11.2. The summed E-state index contributed by atoms with van der Waals surface area (Å²) in [6.07, 6.45) is 4.47. The molecule has 1 aromatic carbocycles. The second kappa shape index (κ2) is 5.17. The Hall–Kier alpha value is -3.42. The molecule has 1 N–H and O–H groups in total. The van der Waals surface area contributed by atoms with Crippen molar-refractivity contribution in [2.75, 3.05) is 0 Å². The molecule has 3 aromatic rings. The number of nitro benzene ring substituents is 1. The molecule has 0 unspecified atom stereocenters. The van der Waals surface area contributed by atoms with E-state index in [2.05, 4.69) is 5.10 Å². The maximum Gasteiger partial charge on any atom is 0.341 e. The molecule has 0 spiro atoms. The molecule has 22 heavy (non-hydrogen) atoms. The van der Waals surface area contributed by atoms with Crippen LogP contribution in [0.3, 0.4) is 0 Å². The van der Waals surface area contributed by atoms with Gasteiger partial charge in [0, 0.05) is 18.5 Å². The smallest absolute Gasteiger partial charge is 0.341 e. The van der Waals surface area contributed by atoms with Gasteiger partial charge in [0.15, 0.2) is 5.82 Å². The molecule has 0 atom stereocenters. The van der Waals surface area contributed by atoms with Crippen molar-refractivity contribution in [3.05, 3.63) is 70.7 Å². The average Bonchev–Trinajstić information content (AvgIpc) is 3.15. The van der Waals surface area contributed by atoms with E-state index in [4.69, 9.17) is 0 Å². The van der Waals surface area contributed by atoms with E-state index in [1.165, 1.54) is 23.0 Å². The van der Waals surface area contributed by atoms with E-state index >= 15 is 0 Å². The van der Waals surface area contributed by atoms with Gasteiger partial charge in [0.25, 0.3) is 5.69 Å². The molecule has 2 heterocycles. The SMILES string of the molecule is O=C(O)c1cnn(-c2ccccc2[N+](=O)[O-])c1-n1cccc1. The number of carboxylic acid groups (broad SMARTS) is 1. The number of carbonyl (C=O) groups is 1. The van der Waals surface area contributed by atoms with Gasteiger partial charge in [-0.25, -0.2) is 9.48 Å². The van der Waals surface area contributed by atoms with Crippen LogP contribution >= 0.6 is 0 Å². The van der Waals surface area contributed by atoms with E-state index < -0.39 is 10.9 Å². The molecule has 110 valence electrons. The largest absolute Gasteiger partial charge is 0.477 e. The van der Waals surface area contributed by atoms with E-state index in [9.17, 15) is 20.0 Å². The molecule has 8 nitrogen and oxygen atoms in total. The van der Waals surface area contributed by atoms with Crippen molar-refractivity contribution in [3.63, 3.8) is 0 Å². The van der Waals surface area contributed by atoms with Gasteiger partial charge in [0.05, 0.1) is 11.1 Å². The maximum absolute atomic E-state index is 11.4. The molecule has 0 bridgehead atoms. The fourth-order valence-electron chi connectivity index (χ4n) is 2.19. The second-order valence-corrected chi connectivity index (χ2v) is 4.43. The third-order valence-corrected chi connectivity index (χ3v) is 3.13. The lowest BCUT2D eigenvalue weighted by molar-refractivity contribution is -0.384. The van der Waals surface area contributed by atoms with Crippen LogP contribution in [0.2, 0.25) is 0 Å². The molecule has 2 aromatic heterocycles. The van der Waals surface area contributed by atoms with Gasteiger partial charge in [-0.15, -0.1) is 0 Å². The van der Waals surface area contributed by atoms with Gasteiger partial charge in [-0.1, -0.05) is 12.1 Å². The molecule has 0 aliphatic carbocycles. The van der Waals surface area contributed by atoms with Gasteiger partial charge in [-0.3, -0.25) is 10.1 Å². The lowest BCUT2D eigenvalue weighted by Gasteiger charge is -2.09. The van der Waals surface area contributed by atoms with Crippen LogP contribution in [0, 0.1) is 10.1 Å². The third kappa shape index (κ3) is 2.12. The van der Waals surface area contributed by atoms with E-state index in [-0.39, 0.29) is 22.8 Å². The van der Waals surface area contributed by atoms with Crippen molar-refractivity contribution in [2.45, 2.75) is 0 Å². The predicted octanol–water partition coefficient (Wildman–Crippen LogP) is 2.27. The predicted molar refractivity (Wildman–Crippen MR) is 76.5 cm³/mol. The first kappa shape index (κ1) is 13.6. The maximum atomic E-state index is 11.4. The first-order valence-electron chi connectivity index (χ1n) is 6.28. The van der Waals surface area contributed by atoms with E-state index in [1.807, 2.05) is 0 Å². The molecule has 0 radical (unpaired) electrons. The highest BCUT2D eigenvalue weighted by Crippen LogP contribution is 2.26. The number of nitrogens with zero attached hydrogens (tertiary/aromatic N) is 4. The Balaban J connectivity index is 2.30. The molecule has 0 fully saturated rings. The number of aromatic nitrogens is 3. The molecule has 3 rings (SSSR count). The number of carboxylic acids is 1. The standard InChI is InChI=1S/C14H10N4O4/c19-14(20)10-9-15-17(13(10)16-7-3-4-8-16)11-5-1-2-6-12(11)18(21)22/h1-9H,(H,19,20). The summed E-state index contributed by atoms with van der Waals surface area (Å²) in [7, 11) is 0. The Bertz CT molecular complexity index is 852. The van der Waals surface area contributed by atoms with E-state index in [0.29, 0.717) is 0 Å². The van der Waals surface area contributed by atoms with Gasteiger partial charge < -0.3 is 9.67 Å². The summed E-state index contributed by atoms with van der Waals surface area (Å²) < 4.78 is 2.80. The Labute approximate surface area is 124 Å². The minimum Gasteiger partial charge on any atom is -0.477 e. The lowest BCUT2D eigenvalue weighted by atomic mass is 10.2. The van der Waals surface area contributed by atoms with Crippen LogP contribution < -0.4 is 0 Å². The highest BCUT2D eigenvalue weighted by Gasteiger charge is 2.23. The zero-order chi connectivity index (χ0) is 15.7. The Kier molecular flexibility index (Phi) is 3.18. The second-order valence-electron chi connectivity index (χ2n) is 4.43. The quantitative estimate of drug-likeness (QED) is 0.588. The number of para-hydroxylation sites is 2.